The predicted molar refractivity (Wildman–Crippen MR) is 137 cm³/mol. The molecule has 2 atom stereocenters. The molecule has 0 radical (unpaired) electrons. The minimum Gasteiger partial charge on any atom is -0.489 e. The van der Waals surface area contributed by atoms with E-state index in [-0.39, 0.29) is 17.6 Å². The summed E-state index contributed by atoms with van der Waals surface area (Å²) in [5.74, 6) is 0.0935. The molecule has 1 amide bonds. The van der Waals surface area contributed by atoms with Gasteiger partial charge in [0.05, 0.1) is 17.2 Å². The van der Waals surface area contributed by atoms with Gasteiger partial charge in [-0.05, 0) is 81.6 Å². The molecule has 0 unspecified atom stereocenters. The van der Waals surface area contributed by atoms with Gasteiger partial charge in [-0.2, -0.15) is 0 Å². The molecule has 1 saturated heterocycles. The third-order valence-electron chi connectivity index (χ3n) is 6.69. The van der Waals surface area contributed by atoms with Gasteiger partial charge in [-0.3, -0.25) is 4.79 Å². The van der Waals surface area contributed by atoms with Crippen molar-refractivity contribution < 1.29 is 24.3 Å². The molecular weight excluding hydrogens is 482 g/mol. The Labute approximate surface area is 214 Å². The van der Waals surface area contributed by atoms with E-state index in [1.807, 2.05) is 19.1 Å². The molecule has 3 aromatic rings. The molecule has 5 rings (SSSR count). The predicted octanol–water partition coefficient (Wildman–Crippen LogP) is 4.43. The van der Waals surface area contributed by atoms with E-state index < -0.39 is 18.1 Å². The maximum Gasteiger partial charge on any atom is 0.277 e. The normalized spacial score (nSPS) is 18.4. The number of fused-ring (bicyclic) bond motifs is 1. The van der Waals surface area contributed by atoms with Gasteiger partial charge < -0.3 is 29.7 Å². The zero-order valence-corrected chi connectivity index (χ0v) is 20.9. The number of carbonyl (C=O) groups is 1. The van der Waals surface area contributed by atoms with Crippen LogP contribution in [0.4, 0.5) is 0 Å². The number of hydrogen-bond acceptors (Lipinski definition) is 7. The second kappa shape index (κ2) is 10.5. The fraction of sp³-hybridized carbons (Fsp3) is 0.407. The number of oxime groups is 1. The van der Waals surface area contributed by atoms with Gasteiger partial charge in [-0.25, -0.2) is 0 Å². The number of nitrogens with one attached hydrogen (secondary N) is 1. The molecule has 1 aliphatic carbocycles. The maximum atomic E-state index is 13.3. The number of aliphatic hydroxyl groups excluding tert-OH is 1. The first-order valence-electron chi connectivity index (χ1n) is 12.3. The smallest absolute Gasteiger partial charge is 0.277 e. The molecule has 9 heteroatoms. The molecular formula is C27H30ClN3O5. The Hall–Kier alpha value is -3.07. The lowest BCUT2D eigenvalue weighted by atomic mass is 10.0. The van der Waals surface area contributed by atoms with Gasteiger partial charge >= 0.3 is 0 Å². The molecule has 3 N–H and O–H groups in total. The summed E-state index contributed by atoms with van der Waals surface area (Å²) < 4.78 is 11.6. The highest BCUT2D eigenvalue weighted by Gasteiger charge is 2.30. The van der Waals surface area contributed by atoms with Crippen molar-refractivity contribution in [1.29, 1.82) is 0 Å². The summed E-state index contributed by atoms with van der Waals surface area (Å²) in [6.45, 7) is 4.17. The highest BCUT2D eigenvalue weighted by molar-refractivity contribution is 6.44. The molecule has 0 bridgehead atoms. The first kappa shape index (κ1) is 24.6. The Morgan fingerprint density at radius 2 is 2.00 bits per heavy atom. The van der Waals surface area contributed by atoms with Crippen molar-refractivity contribution in [3.63, 3.8) is 0 Å². The SMILES string of the molecule is Cc1ccc2oc(/C(=N\O)C(=O)N[C@H](CN3CCCC3)[C@H](O)c3ccc(OC4CC4)c(Cl)c3)cc2c1. The number of carbonyl (C=O) groups excluding carboxylic acids is 1. The molecule has 2 aromatic carbocycles. The van der Waals surface area contributed by atoms with Gasteiger partial charge in [0.25, 0.3) is 5.91 Å². The van der Waals surface area contributed by atoms with Crippen molar-refractivity contribution in [2.24, 2.45) is 5.16 Å². The second-order valence-electron chi connectivity index (χ2n) is 9.64. The van der Waals surface area contributed by atoms with Crippen LogP contribution in [0.5, 0.6) is 5.75 Å². The third kappa shape index (κ3) is 5.51. The molecule has 1 aliphatic heterocycles. The minimum atomic E-state index is -1.04. The first-order chi connectivity index (χ1) is 17.4. The number of likely N-dealkylation sites (tertiary alicyclic amines) is 1. The summed E-state index contributed by atoms with van der Waals surface area (Å²) >= 11 is 6.43. The molecule has 2 aliphatic rings. The fourth-order valence-electron chi connectivity index (χ4n) is 4.58. The van der Waals surface area contributed by atoms with Crippen LogP contribution in [0.25, 0.3) is 11.0 Å². The number of rotatable bonds is 9. The van der Waals surface area contributed by atoms with Crippen molar-refractivity contribution in [3.8, 4) is 5.75 Å². The number of benzene rings is 2. The van der Waals surface area contributed by atoms with Gasteiger partial charge in [0, 0.05) is 11.9 Å². The summed E-state index contributed by atoms with van der Waals surface area (Å²) in [5, 5.41) is 28.3. The van der Waals surface area contributed by atoms with Crippen LogP contribution in [0.3, 0.4) is 0 Å². The number of hydrogen-bond donors (Lipinski definition) is 3. The third-order valence-corrected chi connectivity index (χ3v) is 6.98. The molecule has 0 spiro atoms. The zero-order valence-electron chi connectivity index (χ0n) is 20.1. The average molecular weight is 512 g/mol. The number of ether oxygens (including phenoxy) is 1. The lowest BCUT2D eigenvalue weighted by molar-refractivity contribution is -0.116. The summed E-state index contributed by atoms with van der Waals surface area (Å²) in [6.07, 6.45) is 3.34. The van der Waals surface area contributed by atoms with E-state index in [0.29, 0.717) is 28.5 Å². The summed E-state index contributed by atoms with van der Waals surface area (Å²) in [7, 11) is 0. The number of amides is 1. The van der Waals surface area contributed by atoms with Gasteiger partial charge in [-0.15, -0.1) is 0 Å². The molecule has 8 nitrogen and oxygen atoms in total. The number of halogens is 1. The summed E-state index contributed by atoms with van der Waals surface area (Å²) in [6, 6.07) is 11.8. The molecule has 2 fully saturated rings. The van der Waals surface area contributed by atoms with Gasteiger partial charge in [0.2, 0.25) is 5.71 Å². The standard InChI is InChI=1S/C27H30ClN3O5/c1-16-4-8-22-18(12-16)14-24(36-22)25(30-34)27(33)29-21(15-31-10-2-3-11-31)26(32)17-5-9-23(20(28)13-17)35-19-6-7-19/h4-5,8-9,12-14,19,21,26,32,34H,2-3,6-7,10-11,15H2,1H3,(H,29,33)/b30-25+/t21-,26-/m1/s1. The monoisotopic (exact) mass is 511 g/mol. The van der Waals surface area contributed by atoms with Crippen molar-refractivity contribution in [2.75, 3.05) is 19.6 Å². The van der Waals surface area contributed by atoms with E-state index in [2.05, 4.69) is 15.4 Å². The van der Waals surface area contributed by atoms with Crippen molar-refractivity contribution in [1.82, 2.24) is 10.2 Å². The Morgan fingerprint density at radius 3 is 2.69 bits per heavy atom. The number of nitrogens with zero attached hydrogens (tertiary/aromatic N) is 2. The molecule has 2 heterocycles. The van der Waals surface area contributed by atoms with Crippen LogP contribution in [0.15, 0.2) is 52.0 Å². The highest BCUT2D eigenvalue weighted by atomic mass is 35.5. The fourth-order valence-corrected chi connectivity index (χ4v) is 4.82. The first-order valence-corrected chi connectivity index (χ1v) is 12.7. The molecule has 36 heavy (non-hydrogen) atoms. The lowest BCUT2D eigenvalue weighted by Gasteiger charge is -2.29. The van der Waals surface area contributed by atoms with Crippen LogP contribution < -0.4 is 10.1 Å². The van der Waals surface area contributed by atoms with E-state index in [1.54, 1.807) is 30.3 Å². The Kier molecular flexibility index (Phi) is 7.18. The Bertz CT molecular complexity index is 1280. The molecule has 190 valence electrons. The average Bonchev–Trinajstić information content (AvgIpc) is 3.34. The van der Waals surface area contributed by atoms with E-state index in [4.69, 9.17) is 20.8 Å². The van der Waals surface area contributed by atoms with Crippen LogP contribution in [0.1, 0.15) is 48.7 Å². The Morgan fingerprint density at radius 1 is 1.22 bits per heavy atom. The molecule has 1 aromatic heterocycles. The maximum absolute atomic E-state index is 13.3. The summed E-state index contributed by atoms with van der Waals surface area (Å²) in [4.78, 5) is 15.4. The van der Waals surface area contributed by atoms with E-state index in [0.717, 1.165) is 49.7 Å². The molecule has 1 saturated carbocycles. The van der Waals surface area contributed by atoms with E-state index in [1.165, 1.54) is 0 Å². The zero-order chi connectivity index (χ0) is 25.2. The largest absolute Gasteiger partial charge is 0.489 e. The van der Waals surface area contributed by atoms with E-state index >= 15 is 0 Å². The van der Waals surface area contributed by atoms with Crippen molar-refractivity contribution in [2.45, 2.75) is 50.9 Å². The number of furan rings is 1. The number of aliphatic hydroxyl groups is 1. The van der Waals surface area contributed by atoms with Gasteiger partial charge in [-0.1, -0.05) is 34.5 Å². The van der Waals surface area contributed by atoms with Crippen LogP contribution >= 0.6 is 11.6 Å². The minimum absolute atomic E-state index is 0.148. The van der Waals surface area contributed by atoms with Crippen LogP contribution in [-0.2, 0) is 4.79 Å². The highest BCUT2D eigenvalue weighted by Crippen LogP contribution is 2.34. The summed E-state index contributed by atoms with van der Waals surface area (Å²) in [5.41, 5.74) is 1.94. The van der Waals surface area contributed by atoms with E-state index in [9.17, 15) is 15.1 Å². The van der Waals surface area contributed by atoms with Crippen molar-refractivity contribution >= 4 is 34.2 Å². The van der Waals surface area contributed by atoms with Crippen molar-refractivity contribution in [3.05, 3.63) is 64.4 Å². The lowest BCUT2D eigenvalue weighted by Crippen LogP contribution is -2.48. The number of aryl methyl sites for hydroxylation is 1. The van der Waals surface area contributed by atoms with Crippen LogP contribution in [-0.4, -0.2) is 58.6 Å². The Balaban J connectivity index is 1.37. The van der Waals surface area contributed by atoms with Gasteiger partial charge in [0.15, 0.2) is 5.76 Å². The van der Waals surface area contributed by atoms with Crippen LogP contribution in [0, 0.1) is 6.92 Å². The van der Waals surface area contributed by atoms with Gasteiger partial charge in [0.1, 0.15) is 17.4 Å². The quantitative estimate of drug-likeness (QED) is 0.223. The second-order valence-corrected chi connectivity index (χ2v) is 10.0. The van der Waals surface area contributed by atoms with Crippen LogP contribution in [0.2, 0.25) is 5.02 Å². The topological polar surface area (TPSA) is 108 Å².